The zero-order valence-corrected chi connectivity index (χ0v) is 12.5. The second-order valence-electron chi connectivity index (χ2n) is 4.85. The lowest BCUT2D eigenvalue weighted by Crippen LogP contribution is -2.40. The quantitative estimate of drug-likeness (QED) is 0.900. The number of nitrogens with two attached hydrogens (primary N) is 1. The predicted molar refractivity (Wildman–Crippen MR) is 73.9 cm³/mol. The minimum atomic E-state index is -3.74. The Morgan fingerprint density at radius 3 is 2.80 bits per heavy atom. The zero-order chi connectivity index (χ0) is 14.9. The molecule has 1 heterocycles. The first-order valence-corrected chi connectivity index (χ1v) is 8.01. The lowest BCUT2D eigenvalue weighted by molar-refractivity contribution is 0.0359. The summed E-state index contributed by atoms with van der Waals surface area (Å²) < 4.78 is 42.9. The minimum absolute atomic E-state index is 0.0193. The third kappa shape index (κ3) is 3.48. The molecule has 1 aromatic carbocycles. The van der Waals surface area contributed by atoms with Crippen LogP contribution in [-0.4, -0.2) is 32.4 Å². The number of rotatable bonds is 2. The van der Waals surface area contributed by atoms with Gasteiger partial charge in [-0.2, -0.15) is 12.7 Å². The molecule has 0 saturated carbocycles. The van der Waals surface area contributed by atoms with Gasteiger partial charge in [0.1, 0.15) is 5.82 Å². The molecule has 1 aliphatic rings. The molecule has 0 aromatic heterocycles. The molecule has 8 heteroatoms. The normalized spacial score (nSPS) is 25.4. The fourth-order valence-electron chi connectivity index (χ4n) is 2.30. The van der Waals surface area contributed by atoms with E-state index in [9.17, 15) is 12.8 Å². The van der Waals surface area contributed by atoms with Gasteiger partial charge in [-0.05, 0) is 17.7 Å². The van der Waals surface area contributed by atoms with Gasteiger partial charge in [-0.3, -0.25) is 0 Å². The molecule has 0 radical (unpaired) electrons. The molecular weight excluding hydrogens is 307 g/mol. The maximum absolute atomic E-state index is 13.2. The largest absolute Gasteiger partial charge is 0.372 e. The van der Waals surface area contributed by atoms with E-state index >= 15 is 0 Å². The Kier molecular flexibility index (Phi) is 4.66. The molecule has 0 amide bonds. The second kappa shape index (κ2) is 5.95. The molecule has 5 nitrogen and oxygen atoms in total. The van der Waals surface area contributed by atoms with Crippen molar-refractivity contribution in [1.82, 2.24) is 4.31 Å². The van der Waals surface area contributed by atoms with Gasteiger partial charge >= 0.3 is 0 Å². The van der Waals surface area contributed by atoms with Gasteiger partial charge in [0, 0.05) is 19.0 Å². The van der Waals surface area contributed by atoms with Crippen molar-refractivity contribution in [3.05, 3.63) is 34.6 Å². The van der Waals surface area contributed by atoms with Crippen molar-refractivity contribution in [1.29, 1.82) is 0 Å². The highest BCUT2D eigenvalue weighted by Gasteiger charge is 2.30. The third-order valence-electron chi connectivity index (χ3n) is 3.28. The Bertz CT molecular complexity index is 596. The molecule has 0 spiro atoms. The summed E-state index contributed by atoms with van der Waals surface area (Å²) in [5.41, 5.74) is 0.722. The lowest BCUT2D eigenvalue weighted by Gasteiger charge is -2.23. The van der Waals surface area contributed by atoms with Gasteiger partial charge < -0.3 is 4.74 Å². The molecule has 20 heavy (non-hydrogen) atoms. The Balaban J connectivity index is 2.23. The molecule has 1 aliphatic heterocycles. The lowest BCUT2D eigenvalue weighted by atomic mass is 9.97. The predicted octanol–water partition coefficient (Wildman–Crippen LogP) is 1.69. The Morgan fingerprint density at radius 2 is 2.20 bits per heavy atom. The van der Waals surface area contributed by atoms with Crippen LogP contribution in [0.1, 0.15) is 18.6 Å². The van der Waals surface area contributed by atoms with Crippen molar-refractivity contribution >= 4 is 21.8 Å². The summed E-state index contributed by atoms with van der Waals surface area (Å²) in [7, 11) is -3.74. The van der Waals surface area contributed by atoms with Crippen LogP contribution in [0.3, 0.4) is 0 Å². The molecule has 0 aliphatic carbocycles. The van der Waals surface area contributed by atoms with Gasteiger partial charge in [-0.25, -0.2) is 9.53 Å². The minimum Gasteiger partial charge on any atom is -0.372 e. The van der Waals surface area contributed by atoms with Crippen LogP contribution in [0.25, 0.3) is 0 Å². The first-order chi connectivity index (χ1) is 9.29. The second-order valence-corrected chi connectivity index (χ2v) is 6.80. The van der Waals surface area contributed by atoms with E-state index < -0.39 is 16.0 Å². The molecule has 0 bridgehead atoms. The van der Waals surface area contributed by atoms with E-state index in [-0.39, 0.29) is 36.7 Å². The van der Waals surface area contributed by atoms with Gasteiger partial charge in [0.05, 0.1) is 17.7 Å². The van der Waals surface area contributed by atoms with E-state index in [0.717, 1.165) is 5.56 Å². The van der Waals surface area contributed by atoms with Crippen molar-refractivity contribution < 1.29 is 17.5 Å². The van der Waals surface area contributed by atoms with Crippen LogP contribution >= 0.6 is 11.6 Å². The maximum Gasteiger partial charge on any atom is 0.276 e. The number of ether oxygens (including phenoxy) is 1. The summed E-state index contributed by atoms with van der Waals surface area (Å²) in [5, 5.41) is 5.16. The van der Waals surface area contributed by atoms with E-state index in [1.165, 1.54) is 16.4 Å². The highest BCUT2D eigenvalue weighted by atomic mass is 35.5. The van der Waals surface area contributed by atoms with Gasteiger partial charge in [0.15, 0.2) is 0 Å². The Morgan fingerprint density at radius 1 is 1.50 bits per heavy atom. The van der Waals surface area contributed by atoms with Crippen LogP contribution in [-0.2, 0) is 14.9 Å². The fourth-order valence-corrected chi connectivity index (χ4v) is 3.26. The van der Waals surface area contributed by atoms with Gasteiger partial charge in [-0.15, -0.1) is 0 Å². The van der Waals surface area contributed by atoms with Gasteiger partial charge in [-0.1, -0.05) is 24.6 Å². The average Bonchev–Trinajstić information content (AvgIpc) is 2.54. The van der Waals surface area contributed by atoms with Crippen molar-refractivity contribution in [2.45, 2.75) is 13.0 Å². The van der Waals surface area contributed by atoms with Crippen LogP contribution in [0.15, 0.2) is 18.2 Å². The molecule has 2 unspecified atom stereocenters. The summed E-state index contributed by atoms with van der Waals surface area (Å²) >= 11 is 5.77. The topological polar surface area (TPSA) is 72.6 Å². The Labute approximate surface area is 122 Å². The van der Waals surface area contributed by atoms with Gasteiger partial charge in [0.25, 0.3) is 10.2 Å². The zero-order valence-electron chi connectivity index (χ0n) is 10.9. The van der Waals surface area contributed by atoms with E-state index in [1.54, 1.807) is 6.07 Å². The highest BCUT2D eigenvalue weighted by molar-refractivity contribution is 7.86. The number of benzene rings is 1. The molecule has 2 atom stereocenters. The molecule has 112 valence electrons. The first-order valence-electron chi connectivity index (χ1n) is 6.13. The van der Waals surface area contributed by atoms with Crippen LogP contribution in [0.2, 0.25) is 5.02 Å². The van der Waals surface area contributed by atoms with Crippen molar-refractivity contribution in [2.24, 2.45) is 11.1 Å². The molecule has 2 N–H and O–H groups in total. The summed E-state index contributed by atoms with van der Waals surface area (Å²) in [6.45, 7) is 2.53. The molecule has 2 rings (SSSR count). The maximum atomic E-state index is 13.2. The molecule has 1 aromatic rings. The Hall–Kier alpha value is -0.730. The standard InChI is InChI=1S/C12H16ClFN2O3S/c1-8-7-16(20(15,17)18)4-5-19-12(8)9-2-3-11(14)10(13)6-9/h2-3,6,8,12H,4-5,7H2,1H3,(H2,15,17,18). The van der Waals surface area contributed by atoms with Crippen molar-refractivity contribution in [3.63, 3.8) is 0 Å². The van der Waals surface area contributed by atoms with Crippen LogP contribution in [0.5, 0.6) is 0 Å². The van der Waals surface area contributed by atoms with Crippen LogP contribution < -0.4 is 5.14 Å². The molecule has 1 saturated heterocycles. The highest BCUT2D eigenvalue weighted by Crippen LogP contribution is 2.31. The molecular formula is C12H16ClFN2O3S. The van der Waals surface area contributed by atoms with E-state index in [0.29, 0.717) is 0 Å². The SMILES string of the molecule is CC1CN(S(N)(=O)=O)CCOC1c1ccc(F)c(Cl)c1. The number of halogens is 2. The van der Waals surface area contributed by atoms with Crippen molar-refractivity contribution in [3.8, 4) is 0 Å². The van der Waals surface area contributed by atoms with Crippen molar-refractivity contribution in [2.75, 3.05) is 19.7 Å². The van der Waals surface area contributed by atoms with E-state index in [2.05, 4.69) is 0 Å². The van der Waals surface area contributed by atoms with E-state index in [4.69, 9.17) is 21.5 Å². The summed E-state index contributed by atoms with van der Waals surface area (Å²) in [6.07, 6.45) is -0.347. The molecule has 1 fully saturated rings. The fraction of sp³-hybridized carbons (Fsp3) is 0.500. The van der Waals surface area contributed by atoms with E-state index in [1.807, 2.05) is 6.92 Å². The average molecular weight is 323 g/mol. The summed E-state index contributed by atoms with van der Waals surface area (Å²) in [4.78, 5) is 0. The van der Waals surface area contributed by atoms with Crippen LogP contribution in [0.4, 0.5) is 4.39 Å². The summed E-state index contributed by atoms with van der Waals surface area (Å²) in [6, 6.07) is 4.37. The smallest absolute Gasteiger partial charge is 0.276 e. The number of nitrogens with zero attached hydrogens (tertiary/aromatic N) is 1. The summed E-state index contributed by atoms with van der Waals surface area (Å²) in [5.74, 6) is -0.625. The van der Waals surface area contributed by atoms with Crippen LogP contribution in [0, 0.1) is 11.7 Å². The third-order valence-corrected chi connectivity index (χ3v) is 4.62. The first kappa shape index (κ1) is 15.7. The van der Waals surface area contributed by atoms with Gasteiger partial charge in [0.2, 0.25) is 0 Å². The number of hydrogen-bond donors (Lipinski definition) is 1. The number of hydrogen-bond acceptors (Lipinski definition) is 3. The monoisotopic (exact) mass is 322 g/mol.